The molecular weight excluding hydrogens is 316 g/mol. The summed E-state index contributed by atoms with van der Waals surface area (Å²) in [5.74, 6) is 7.31. The molecule has 0 radical (unpaired) electrons. The Hall–Kier alpha value is -0.330. The lowest BCUT2D eigenvalue weighted by atomic mass is 9.47. The van der Waals surface area contributed by atoms with E-state index in [0.29, 0.717) is 11.2 Å². The van der Waals surface area contributed by atoms with Gasteiger partial charge in [0.15, 0.2) is 0 Å². The minimum atomic E-state index is 0.471. The maximum atomic E-state index is 11.8. The molecule has 1 heteroatoms. The van der Waals surface area contributed by atoms with Crippen LogP contribution >= 0.6 is 0 Å². The minimum Gasteiger partial charge on any atom is -0.300 e. The average Bonchev–Trinajstić information content (AvgIpc) is 3.09. The van der Waals surface area contributed by atoms with Gasteiger partial charge in [-0.05, 0) is 105 Å². The molecule has 4 aliphatic rings. The molecule has 26 heavy (non-hydrogen) atoms. The van der Waals surface area contributed by atoms with Gasteiger partial charge in [-0.25, -0.2) is 0 Å². The topological polar surface area (TPSA) is 17.1 Å². The minimum absolute atomic E-state index is 0.471. The van der Waals surface area contributed by atoms with Gasteiger partial charge in [-0.3, -0.25) is 4.79 Å². The third kappa shape index (κ3) is 3.20. The predicted octanol–water partition coefficient (Wildman–Crippen LogP) is 7.04. The Morgan fingerprint density at radius 2 is 1.73 bits per heavy atom. The Balaban J connectivity index is 1.43. The summed E-state index contributed by atoms with van der Waals surface area (Å²) in [6.07, 6.45) is 17.8. The van der Waals surface area contributed by atoms with Crippen molar-refractivity contribution < 1.29 is 4.79 Å². The number of ketones is 1. The van der Waals surface area contributed by atoms with Gasteiger partial charge in [0.05, 0.1) is 0 Å². The number of carbonyl (C=O) groups excluding carboxylic acids is 1. The molecule has 4 fully saturated rings. The van der Waals surface area contributed by atoms with E-state index >= 15 is 0 Å². The monoisotopic (exact) mass is 358 g/mol. The van der Waals surface area contributed by atoms with Crippen LogP contribution in [-0.2, 0) is 4.79 Å². The fourth-order valence-corrected chi connectivity index (χ4v) is 8.48. The Labute approximate surface area is 162 Å². The molecule has 0 N–H and O–H groups in total. The molecule has 0 amide bonds. The summed E-state index contributed by atoms with van der Waals surface area (Å²) in [6.45, 7) is 7.17. The third-order valence-electron chi connectivity index (χ3n) is 9.96. The van der Waals surface area contributed by atoms with E-state index in [1.54, 1.807) is 6.42 Å². The van der Waals surface area contributed by atoms with E-state index in [0.717, 1.165) is 60.7 Å². The summed E-state index contributed by atoms with van der Waals surface area (Å²) in [5.41, 5.74) is 0.684. The SMILES string of the molecule is CCC(=O)CC[C@@H](C)C1CCC2C1CC[C@H]1[C@H]2CCC2CCCC[C@@]21C. The van der Waals surface area contributed by atoms with Gasteiger partial charge in [-0.15, -0.1) is 0 Å². The Bertz CT molecular complexity index is 510. The zero-order valence-corrected chi connectivity index (χ0v) is 17.6. The summed E-state index contributed by atoms with van der Waals surface area (Å²) in [6, 6.07) is 0. The molecule has 0 aromatic heterocycles. The number of Topliss-reactive ketones (excluding diaryl/α,β-unsaturated/α-hetero) is 1. The molecule has 0 heterocycles. The van der Waals surface area contributed by atoms with E-state index in [2.05, 4.69) is 13.8 Å². The second-order valence-electron chi connectivity index (χ2n) is 10.9. The number of hydrogen-bond acceptors (Lipinski definition) is 1. The fraction of sp³-hybridized carbons (Fsp3) is 0.960. The Morgan fingerprint density at radius 1 is 0.962 bits per heavy atom. The zero-order valence-electron chi connectivity index (χ0n) is 17.6. The average molecular weight is 359 g/mol. The van der Waals surface area contributed by atoms with E-state index in [9.17, 15) is 4.79 Å². The van der Waals surface area contributed by atoms with Gasteiger partial charge in [-0.1, -0.05) is 33.6 Å². The van der Waals surface area contributed by atoms with Crippen molar-refractivity contribution in [2.75, 3.05) is 0 Å². The van der Waals surface area contributed by atoms with E-state index in [1.807, 2.05) is 6.92 Å². The third-order valence-corrected chi connectivity index (χ3v) is 9.96. The van der Waals surface area contributed by atoms with Gasteiger partial charge in [0.25, 0.3) is 0 Å². The Morgan fingerprint density at radius 3 is 2.54 bits per heavy atom. The number of carbonyl (C=O) groups is 1. The maximum Gasteiger partial charge on any atom is 0.132 e. The van der Waals surface area contributed by atoms with Crippen molar-refractivity contribution in [3.63, 3.8) is 0 Å². The second kappa shape index (κ2) is 7.59. The van der Waals surface area contributed by atoms with E-state index < -0.39 is 0 Å². The standard InChI is InChI=1S/C25H42O/c1-4-19(26)10-8-17(2)20-12-13-22-21(20)14-15-24-23(22)11-9-18-7-5-6-16-25(18,24)3/h17-18,20-24H,4-16H2,1-3H3/t17-,18?,20?,21?,22?,23+,24+,25+/m1/s1. The first-order chi connectivity index (χ1) is 12.5. The molecule has 8 atom stereocenters. The normalized spacial score (nSPS) is 46.1. The highest BCUT2D eigenvalue weighted by Crippen LogP contribution is 2.64. The molecule has 148 valence electrons. The van der Waals surface area contributed by atoms with Crippen LogP contribution in [-0.4, -0.2) is 5.78 Å². The predicted molar refractivity (Wildman–Crippen MR) is 109 cm³/mol. The fourth-order valence-electron chi connectivity index (χ4n) is 8.48. The van der Waals surface area contributed by atoms with Crippen LogP contribution in [0.3, 0.4) is 0 Å². The van der Waals surface area contributed by atoms with Crippen LogP contribution in [0.1, 0.15) is 104 Å². The highest BCUT2D eigenvalue weighted by atomic mass is 16.1. The highest BCUT2D eigenvalue weighted by molar-refractivity contribution is 5.77. The lowest BCUT2D eigenvalue weighted by Crippen LogP contribution is -2.50. The largest absolute Gasteiger partial charge is 0.300 e. The van der Waals surface area contributed by atoms with Crippen LogP contribution in [0, 0.1) is 46.8 Å². The second-order valence-corrected chi connectivity index (χ2v) is 10.9. The summed E-state index contributed by atoms with van der Waals surface area (Å²) in [5, 5.41) is 0. The molecule has 4 saturated carbocycles. The summed E-state index contributed by atoms with van der Waals surface area (Å²) in [7, 11) is 0. The molecule has 4 rings (SSSR count). The van der Waals surface area contributed by atoms with Crippen molar-refractivity contribution in [1.29, 1.82) is 0 Å². The molecular formula is C25H42O. The summed E-state index contributed by atoms with van der Waals surface area (Å²) >= 11 is 0. The molecule has 0 saturated heterocycles. The van der Waals surface area contributed by atoms with Gasteiger partial charge in [0, 0.05) is 12.8 Å². The lowest BCUT2D eigenvalue weighted by Gasteiger charge is -2.58. The van der Waals surface area contributed by atoms with Crippen LogP contribution < -0.4 is 0 Å². The maximum absolute atomic E-state index is 11.8. The van der Waals surface area contributed by atoms with Gasteiger partial charge < -0.3 is 0 Å². The van der Waals surface area contributed by atoms with Gasteiger partial charge in [0.2, 0.25) is 0 Å². The number of fused-ring (bicyclic) bond motifs is 5. The first kappa shape index (κ1) is 19.0. The summed E-state index contributed by atoms with van der Waals surface area (Å²) < 4.78 is 0. The molecule has 4 aliphatic carbocycles. The summed E-state index contributed by atoms with van der Waals surface area (Å²) in [4.78, 5) is 11.8. The molecule has 0 aromatic carbocycles. The van der Waals surface area contributed by atoms with Crippen molar-refractivity contribution in [3.05, 3.63) is 0 Å². The van der Waals surface area contributed by atoms with Gasteiger partial charge in [0.1, 0.15) is 5.78 Å². The molecule has 0 aliphatic heterocycles. The smallest absolute Gasteiger partial charge is 0.132 e. The molecule has 1 nitrogen and oxygen atoms in total. The zero-order chi connectivity index (χ0) is 18.3. The van der Waals surface area contributed by atoms with Crippen molar-refractivity contribution >= 4 is 5.78 Å². The first-order valence-corrected chi connectivity index (χ1v) is 12.1. The molecule has 0 spiro atoms. The van der Waals surface area contributed by atoms with Crippen molar-refractivity contribution in [2.24, 2.45) is 46.8 Å². The molecule has 4 unspecified atom stereocenters. The van der Waals surface area contributed by atoms with Crippen LogP contribution in [0.2, 0.25) is 0 Å². The first-order valence-electron chi connectivity index (χ1n) is 12.1. The molecule has 0 bridgehead atoms. The molecule has 0 aromatic rings. The van der Waals surface area contributed by atoms with E-state index in [1.165, 1.54) is 57.8 Å². The van der Waals surface area contributed by atoms with Crippen molar-refractivity contribution in [1.82, 2.24) is 0 Å². The van der Waals surface area contributed by atoms with Crippen molar-refractivity contribution in [2.45, 2.75) is 104 Å². The van der Waals surface area contributed by atoms with Crippen molar-refractivity contribution in [3.8, 4) is 0 Å². The van der Waals surface area contributed by atoms with Crippen LogP contribution in [0.15, 0.2) is 0 Å². The van der Waals surface area contributed by atoms with Gasteiger partial charge in [-0.2, -0.15) is 0 Å². The lowest BCUT2D eigenvalue weighted by molar-refractivity contribution is -0.119. The number of rotatable bonds is 5. The Kier molecular flexibility index (Phi) is 5.55. The highest BCUT2D eigenvalue weighted by Gasteiger charge is 2.55. The van der Waals surface area contributed by atoms with Crippen LogP contribution in [0.25, 0.3) is 0 Å². The van der Waals surface area contributed by atoms with Crippen LogP contribution in [0.5, 0.6) is 0 Å². The quantitative estimate of drug-likeness (QED) is 0.515. The number of hydrogen-bond donors (Lipinski definition) is 0. The van der Waals surface area contributed by atoms with Crippen LogP contribution in [0.4, 0.5) is 0 Å². The van der Waals surface area contributed by atoms with E-state index in [4.69, 9.17) is 0 Å². The van der Waals surface area contributed by atoms with E-state index in [-0.39, 0.29) is 0 Å². The van der Waals surface area contributed by atoms with Gasteiger partial charge >= 0.3 is 0 Å².